The summed E-state index contributed by atoms with van der Waals surface area (Å²) in [5, 5.41) is 3.08. The summed E-state index contributed by atoms with van der Waals surface area (Å²) >= 11 is 0. The summed E-state index contributed by atoms with van der Waals surface area (Å²) in [5.41, 5.74) is 1.30. The van der Waals surface area contributed by atoms with Gasteiger partial charge in [-0.1, -0.05) is 6.92 Å². The molecule has 1 aliphatic rings. The Morgan fingerprint density at radius 1 is 1.56 bits per heavy atom. The summed E-state index contributed by atoms with van der Waals surface area (Å²) < 4.78 is 5.55. The molecule has 0 spiro atoms. The van der Waals surface area contributed by atoms with E-state index in [1.54, 1.807) is 0 Å². The molecule has 1 saturated heterocycles. The Hall–Kier alpha value is -1.13. The number of anilines is 1. The van der Waals surface area contributed by atoms with E-state index in [2.05, 4.69) is 34.3 Å². The largest absolute Gasteiger partial charge is 0.380 e. The molecule has 1 aliphatic heterocycles. The summed E-state index contributed by atoms with van der Waals surface area (Å²) in [6.07, 6.45) is 3.44. The lowest BCUT2D eigenvalue weighted by molar-refractivity contribution is -0.00744. The summed E-state index contributed by atoms with van der Waals surface area (Å²) in [7, 11) is 3.71. The number of hydrogen-bond acceptors (Lipinski definition) is 4. The van der Waals surface area contributed by atoms with Gasteiger partial charge in [0.2, 0.25) is 0 Å². The van der Waals surface area contributed by atoms with Crippen LogP contribution in [0.25, 0.3) is 0 Å². The summed E-state index contributed by atoms with van der Waals surface area (Å²) in [6, 6.07) is 4.19. The lowest BCUT2D eigenvalue weighted by atomic mass is 9.95. The second-order valence-electron chi connectivity index (χ2n) is 5.07. The maximum absolute atomic E-state index is 5.55. The molecule has 0 radical (unpaired) electrons. The van der Waals surface area contributed by atoms with Crippen molar-refractivity contribution in [3.63, 3.8) is 0 Å². The molecule has 100 valence electrons. The highest BCUT2D eigenvalue weighted by Gasteiger charge is 2.25. The maximum atomic E-state index is 5.55. The first kappa shape index (κ1) is 13.3. The molecule has 1 fully saturated rings. The maximum Gasteiger partial charge on any atom is 0.125 e. The van der Waals surface area contributed by atoms with Gasteiger partial charge in [0.15, 0.2) is 0 Å². The van der Waals surface area contributed by atoms with Gasteiger partial charge < -0.3 is 10.1 Å². The van der Waals surface area contributed by atoms with Crippen LogP contribution in [-0.4, -0.2) is 43.2 Å². The summed E-state index contributed by atoms with van der Waals surface area (Å²) in [4.78, 5) is 6.70. The van der Waals surface area contributed by atoms with E-state index in [-0.39, 0.29) is 0 Å². The minimum atomic E-state index is 0.365. The van der Waals surface area contributed by atoms with Crippen LogP contribution in [0.4, 0.5) is 5.82 Å². The SMILES string of the molecule is CNc1cc(CN2CCC(C)C(OC)C2)ccn1. The van der Waals surface area contributed by atoms with Gasteiger partial charge in [0.1, 0.15) is 5.82 Å². The highest BCUT2D eigenvalue weighted by atomic mass is 16.5. The minimum Gasteiger partial charge on any atom is -0.380 e. The third-order valence-corrected chi connectivity index (χ3v) is 3.76. The quantitative estimate of drug-likeness (QED) is 0.885. The number of likely N-dealkylation sites (tertiary alicyclic amines) is 1. The number of rotatable bonds is 4. The molecule has 2 atom stereocenters. The van der Waals surface area contributed by atoms with Crippen molar-refractivity contribution < 1.29 is 4.74 Å². The van der Waals surface area contributed by atoms with E-state index in [0.717, 1.165) is 25.5 Å². The van der Waals surface area contributed by atoms with Crippen molar-refractivity contribution in [3.8, 4) is 0 Å². The molecule has 4 heteroatoms. The van der Waals surface area contributed by atoms with Gasteiger partial charge in [0.25, 0.3) is 0 Å². The molecule has 0 amide bonds. The molecule has 4 nitrogen and oxygen atoms in total. The van der Waals surface area contributed by atoms with Crippen molar-refractivity contribution in [1.82, 2.24) is 9.88 Å². The Labute approximate surface area is 109 Å². The molecule has 2 rings (SSSR count). The van der Waals surface area contributed by atoms with Gasteiger partial charge in [-0.25, -0.2) is 4.98 Å². The normalized spacial score (nSPS) is 25.1. The Morgan fingerprint density at radius 3 is 3.11 bits per heavy atom. The monoisotopic (exact) mass is 249 g/mol. The number of nitrogens with zero attached hydrogens (tertiary/aromatic N) is 2. The van der Waals surface area contributed by atoms with Crippen LogP contribution in [0.15, 0.2) is 18.3 Å². The van der Waals surface area contributed by atoms with Gasteiger partial charge in [-0.15, -0.1) is 0 Å². The number of piperidine rings is 1. The van der Waals surface area contributed by atoms with E-state index < -0.39 is 0 Å². The van der Waals surface area contributed by atoms with Gasteiger partial charge in [-0.2, -0.15) is 0 Å². The fourth-order valence-corrected chi connectivity index (χ4v) is 2.52. The standard InChI is InChI=1S/C14H23N3O/c1-11-5-7-17(10-13(11)18-3)9-12-4-6-16-14(8-12)15-2/h4,6,8,11,13H,5,7,9-10H2,1-3H3,(H,15,16). The fraction of sp³-hybridized carbons (Fsp3) is 0.643. The number of pyridine rings is 1. The first-order valence-corrected chi connectivity index (χ1v) is 6.60. The second-order valence-corrected chi connectivity index (χ2v) is 5.07. The lowest BCUT2D eigenvalue weighted by Crippen LogP contribution is -2.43. The zero-order valence-corrected chi connectivity index (χ0v) is 11.5. The average molecular weight is 249 g/mol. The van der Waals surface area contributed by atoms with Crippen LogP contribution in [0.1, 0.15) is 18.9 Å². The first-order valence-electron chi connectivity index (χ1n) is 6.60. The molecule has 18 heavy (non-hydrogen) atoms. The molecular weight excluding hydrogens is 226 g/mol. The van der Waals surface area contributed by atoms with Crippen LogP contribution in [0.3, 0.4) is 0 Å². The smallest absolute Gasteiger partial charge is 0.125 e. The highest BCUT2D eigenvalue weighted by molar-refractivity contribution is 5.36. The molecule has 0 aliphatic carbocycles. The average Bonchev–Trinajstić information content (AvgIpc) is 2.41. The van der Waals surface area contributed by atoms with Crippen LogP contribution in [0, 0.1) is 5.92 Å². The lowest BCUT2D eigenvalue weighted by Gasteiger charge is -2.36. The predicted molar refractivity (Wildman–Crippen MR) is 73.6 cm³/mol. The molecule has 1 N–H and O–H groups in total. The number of hydrogen-bond donors (Lipinski definition) is 1. The molecular formula is C14H23N3O. The summed E-state index contributed by atoms with van der Waals surface area (Å²) in [5.74, 6) is 1.60. The predicted octanol–water partition coefficient (Wildman–Crippen LogP) is 1.98. The van der Waals surface area contributed by atoms with E-state index in [1.807, 2.05) is 20.4 Å². The molecule has 1 aromatic heterocycles. The number of nitrogens with one attached hydrogen (secondary N) is 1. The van der Waals surface area contributed by atoms with E-state index >= 15 is 0 Å². The Morgan fingerprint density at radius 2 is 2.39 bits per heavy atom. The van der Waals surface area contributed by atoms with E-state index in [4.69, 9.17) is 4.74 Å². The highest BCUT2D eigenvalue weighted by Crippen LogP contribution is 2.21. The van der Waals surface area contributed by atoms with Gasteiger partial charge in [-0.05, 0) is 36.6 Å². The van der Waals surface area contributed by atoms with Crippen molar-refractivity contribution in [1.29, 1.82) is 0 Å². The van der Waals surface area contributed by atoms with E-state index in [1.165, 1.54) is 12.0 Å². The van der Waals surface area contributed by atoms with Crippen molar-refractivity contribution in [2.45, 2.75) is 26.0 Å². The number of methoxy groups -OCH3 is 1. The molecule has 2 unspecified atom stereocenters. The number of aromatic nitrogens is 1. The van der Waals surface area contributed by atoms with Crippen molar-refractivity contribution >= 4 is 5.82 Å². The van der Waals surface area contributed by atoms with Gasteiger partial charge >= 0.3 is 0 Å². The van der Waals surface area contributed by atoms with Crippen molar-refractivity contribution in [3.05, 3.63) is 23.9 Å². The topological polar surface area (TPSA) is 37.4 Å². The van der Waals surface area contributed by atoms with E-state index in [9.17, 15) is 0 Å². The zero-order chi connectivity index (χ0) is 13.0. The van der Waals surface area contributed by atoms with Gasteiger partial charge in [-0.3, -0.25) is 4.90 Å². The van der Waals surface area contributed by atoms with E-state index in [0.29, 0.717) is 12.0 Å². The minimum absolute atomic E-state index is 0.365. The molecule has 0 saturated carbocycles. The van der Waals surface area contributed by atoms with Crippen molar-refractivity contribution in [2.75, 3.05) is 32.6 Å². The van der Waals surface area contributed by atoms with Crippen LogP contribution in [0.5, 0.6) is 0 Å². The second kappa shape index (κ2) is 6.16. The molecule has 0 aromatic carbocycles. The van der Waals surface area contributed by atoms with Crippen LogP contribution in [0.2, 0.25) is 0 Å². The Balaban J connectivity index is 1.96. The van der Waals surface area contributed by atoms with Gasteiger partial charge in [0.05, 0.1) is 6.10 Å². The van der Waals surface area contributed by atoms with Crippen LogP contribution >= 0.6 is 0 Å². The first-order chi connectivity index (χ1) is 8.72. The Bertz CT molecular complexity index is 383. The molecule has 0 bridgehead atoms. The van der Waals surface area contributed by atoms with Crippen LogP contribution < -0.4 is 5.32 Å². The summed E-state index contributed by atoms with van der Waals surface area (Å²) in [6.45, 7) is 5.42. The van der Waals surface area contributed by atoms with Gasteiger partial charge in [0, 0.05) is 33.4 Å². The van der Waals surface area contributed by atoms with Crippen LogP contribution in [-0.2, 0) is 11.3 Å². The zero-order valence-electron chi connectivity index (χ0n) is 11.5. The molecule has 1 aromatic rings. The Kier molecular flexibility index (Phi) is 4.55. The molecule has 2 heterocycles. The fourth-order valence-electron chi connectivity index (χ4n) is 2.52. The number of ether oxygens (including phenoxy) is 1. The third kappa shape index (κ3) is 3.21. The van der Waals surface area contributed by atoms with Crippen molar-refractivity contribution in [2.24, 2.45) is 5.92 Å². The third-order valence-electron chi connectivity index (χ3n) is 3.76.